The molecule has 0 atom stereocenters. The molecular weight excluding hydrogens is 286 g/mol. The fraction of sp³-hybridized carbons (Fsp3) is 0.500. The van der Waals surface area contributed by atoms with Gasteiger partial charge < -0.3 is 15.5 Å². The molecule has 2 fully saturated rings. The van der Waals surface area contributed by atoms with Crippen LogP contribution in [0.2, 0.25) is 5.15 Å². The molecule has 0 unspecified atom stereocenters. The molecule has 0 saturated heterocycles. The van der Waals surface area contributed by atoms with E-state index in [1.807, 2.05) is 6.20 Å². The van der Waals surface area contributed by atoms with Gasteiger partial charge in [0.15, 0.2) is 5.76 Å². The number of nitrogens with zero attached hydrogens (tertiary/aromatic N) is 1. The molecule has 0 bridgehead atoms. The van der Waals surface area contributed by atoms with Crippen LogP contribution in [0.5, 0.6) is 5.75 Å². The summed E-state index contributed by atoms with van der Waals surface area (Å²) < 4.78 is 5.90. The van der Waals surface area contributed by atoms with Gasteiger partial charge in [-0.05, 0) is 31.7 Å². The van der Waals surface area contributed by atoms with Gasteiger partial charge in [0.05, 0.1) is 5.71 Å². The summed E-state index contributed by atoms with van der Waals surface area (Å²) in [5.74, 6) is 1.55. The van der Waals surface area contributed by atoms with E-state index in [0.29, 0.717) is 34.3 Å². The van der Waals surface area contributed by atoms with Crippen molar-refractivity contribution in [2.75, 3.05) is 0 Å². The first-order chi connectivity index (χ1) is 10.2. The fourth-order valence-corrected chi connectivity index (χ4v) is 2.76. The van der Waals surface area contributed by atoms with Gasteiger partial charge >= 0.3 is 0 Å². The highest BCUT2D eigenvalue weighted by molar-refractivity contribution is 6.29. The minimum absolute atomic E-state index is 0.314. The second-order valence-electron chi connectivity index (χ2n) is 5.76. The van der Waals surface area contributed by atoms with Crippen molar-refractivity contribution in [3.8, 4) is 5.75 Å². The number of nitrogens with one attached hydrogen (secondary N) is 2. The van der Waals surface area contributed by atoms with Crippen molar-refractivity contribution in [1.82, 2.24) is 10.3 Å². The van der Waals surface area contributed by atoms with Gasteiger partial charge in [0.1, 0.15) is 10.9 Å². The number of halogens is 1. The standard InChI is InChI=1S/C16H20ClN3O/c17-15-9-13(7-8-19-15)21-14(10-20-12-5-6-12)16(18)11-3-1-2-4-11/h7-12,18,20H,1-6H2/b14-10+,18-16?. The average molecular weight is 306 g/mol. The number of allylic oxidation sites excluding steroid dienone is 1. The zero-order chi connectivity index (χ0) is 14.7. The summed E-state index contributed by atoms with van der Waals surface area (Å²) >= 11 is 5.89. The molecule has 21 heavy (non-hydrogen) atoms. The molecule has 2 aliphatic rings. The second-order valence-corrected chi connectivity index (χ2v) is 6.15. The summed E-state index contributed by atoms with van der Waals surface area (Å²) in [6, 6.07) is 3.98. The van der Waals surface area contributed by atoms with E-state index in [1.165, 1.54) is 25.7 Å². The molecule has 0 aliphatic heterocycles. The van der Waals surface area contributed by atoms with Crippen molar-refractivity contribution in [2.24, 2.45) is 5.92 Å². The topological polar surface area (TPSA) is 58.0 Å². The van der Waals surface area contributed by atoms with Crippen molar-refractivity contribution < 1.29 is 4.74 Å². The molecule has 112 valence electrons. The van der Waals surface area contributed by atoms with Crippen molar-refractivity contribution in [3.63, 3.8) is 0 Å². The first-order valence-corrected chi connectivity index (χ1v) is 7.94. The molecule has 2 aliphatic carbocycles. The Balaban J connectivity index is 1.74. The van der Waals surface area contributed by atoms with Crippen LogP contribution in [0.1, 0.15) is 38.5 Å². The number of ether oxygens (including phenoxy) is 1. The van der Waals surface area contributed by atoms with Gasteiger partial charge in [-0.2, -0.15) is 0 Å². The van der Waals surface area contributed by atoms with Crippen LogP contribution >= 0.6 is 11.6 Å². The third-order valence-electron chi connectivity index (χ3n) is 3.98. The molecule has 1 aromatic heterocycles. The van der Waals surface area contributed by atoms with E-state index in [-0.39, 0.29) is 0 Å². The van der Waals surface area contributed by atoms with Crippen LogP contribution in [0.3, 0.4) is 0 Å². The lowest BCUT2D eigenvalue weighted by molar-refractivity contribution is 0.440. The van der Waals surface area contributed by atoms with Crippen LogP contribution in [0.15, 0.2) is 30.3 Å². The Labute approximate surface area is 130 Å². The van der Waals surface area contributed by atoms with E-state index < -0.39 is 0 Å². The molecule has 0 spiro atoms. The Morgan fingerprint density at radius 1 is 1.33 bits per heavy atom. The average Bonchev–Trinajstić information content (AvgIpc) is 3.14. The van der Waals surface area contributed by atoms with Gasteiger partial charge in [-0.1, -0.05) is 24.4 Å². The Hall–Kier alpha value is -1.55. The predicted molar refractivity (Wildman–Crippen MR) is 83.8 cm³/mol. The van der Waals surface area contributed by atoms with E-state index in [2.05, 4.69) is 10.3 Å². The van der Waals surface area contributed by atoms with Gasteiger partial charge in [-0.3, -0.25) is 0 Å². The maximum Gasteiger partial charge on any atom is 0.164 e. The summed E-state index contributed by atoms with van der Waals surface area (Å²) in [5.41, 5.74) is 0.591. The van der Waals surface area contributed by atoms with Crippen molar-refractivity contribution in [3.05, 3.63) is 35.4 Å². The van der Waals surface area contributed by atoms with Gasteiger partial charge in [0, 0.05) is 30.4 Å². The maximum absolute atomic E-state index is 8.43. The summed E-state index contributed by atoms with van der Waals surface area (Å²) in [6.45, 7) is 0. The molecule has 5 heteroatoms. The maximum atomic E-state index is 8.43. The Kier molecular flexibility index (Phi) is 4.44. The second kappa shape index (κ2) is 6.48. The summed E-state index contributed by atoms with van der Waals surface area (Å²) in [5, 5.41) is 12.1. The Morgan fingerprint density at radius 2 is 2.10 bits per heavy atom. The van der Waals surface area contributed by atoms with E-state index >= 15 is 0 Å². The molecule has 0 radical (unpaired) electrons. The highest BCUT2D eigenvalue weighted by Gasteiger charge is 2.25. The Bertz CT molecular complexity index is 548. The van der Waals surface area contributed by atoms with Gasteiger partial charge in [0.2, 0.25) is 0 Å². The predicted octanol–water partition coefficient (Wildman–Crippen LogP) is 3.92. The number of hydrogen-bond acceptors (Lipinski definition) is 4. The third kappa shape index (κ3) is 3.97. The molecule has 0 amide bonds. The van der Waals surface area contributed by atoms with Gasteiger partial charge in [-0.15, -0.1) is 0 Å². The monoisotopic (exact) mass is 305 g/mol. The van der Waals surface area contributed by atoms with Gasteiger partial charge in [0.25, 0.3) is 0 Å². The first-order valence-electron chi connectivity index (χ1n) is 7.57. The third-order valence-corrected chi connectivity index (χ3v) is 4.19. The number of aromatic nitrogens is 1. The summed E-state index contributed by atoms with van der Waals surface area (Å²) in [7, 11) is 0. The lowest BCUT2D eigenvalue weighted by atomic mass is 10.0. The smallest absolute Gasteiger partial charge is 0.164 e. The highest BCUT2D eigenvalue weighted by atomic mass is 35.5. The Morgan fingerprint density at radius 3 is 2.76 bits per heavy atom. The number of rotatable bonds is 6. The quantitative estimate of drug-likeness (QED) is 0.476. The largest absolute Gasteiger partial charge is 0.454 e. The zero-order valence-electron chi connectivity index (χ0n) is 11.9. The van der Waals surface area contributed by atoms with Crippen LogP contribution in [0.4, 0.5) is 0 Å². The van der Waals surface area contributed by atoms with Crippen LogP contribution in [0, 0.1) is 11.3 Å². The minimum atomic E-state index is 0.314. The lowest BCUT2D eigenvalue weighted by Crippen LogP contribution is -2.20. The summed E-state index contributed by atoms with van der Waals surface area (Å²) in [4.78, 5) is 3.95. The van der Waals surface area contributed by atoms with Crippen molar-refractivity contribution in [1.29, 1.82) is 5.41 Å². The van der Waals surface area contributed by atoms with Gasteiger partial charge in [-0.25, -0.2) is 4.98 Å². The highest BCUT2D eigenvalue weighted by Crippen LogP contribution is 2.29. The number of hydrogen-bond donors (Lipinski definition) is 2. The molecular formula is C16H20ClN3O. The van der Waals surface area contributed by atoms with Crippen molar-refractivity contribution >= 4 is 17.3 Å². The van der Waals surface area contributed by atoms with E-state index in [0.717, 1.165) is 12.8 Å². The SMILES string of the molecule is N=C(/C(=C\NC1CC1)Oc1ccnc(Cl)c1)C1CCCC1. The molecule has 2 saturated carbocycles. The summed E-state index contributed by atoms with van der Waals surface area (Å²) in [6.07, 6.45) is 10.4. The molecule has 2 N–H and O–H groups in total. The molecule has 1 aromatic rings. The van der Waals surface area contributed by atoms with E-state index in [9.17, 15) is 0 Å². The van der Waals surface area contributed by atoms with Crippen LogP contribution < -0.4 is 10.1 Å². The zero-order valence-corrected chi connectivity index (χ0v) is 12.7. The van der Waals surface area contributed by atoms with E-state index in [1.54, 1.807) is 18.3 Å². The lowest BCUT2D eigenvalue weighted by Gasteiger charge is -2.16. The molecule has 0 aromatic carbocycles. The number of pyridine rings is 1. The van der Waals surface area contributed by atoms with Crippen LogP contribution in [0.25, 0.3) is 0 Å². The van der Waals surface area contributed by atoms with Crippen molar-refractivity contribution in [2.45, 2.75) is 44.6 Å². The minimum Gasteiger partial charge on any atom is -0.454 e. The van der Waals surface area contributed by atoms with E-state index in [4.69, 9.17) is 21.7 Å². The first kappa shape index (κ1) is 14.4. The van der Waals surface area contributed by atoms with Crippen LogP contribution in [-0.2, 0) is 0 Å². The molecule has 3 rings (SSSR count). The van der Waals surface area contributed by atoms with Crippen LogP contribution in [-0.4, -0.2) is 16.7 Å². The molecule has 1 heterocycles. The fourth-order valence-electron chi connectivity index (χ4n) is 2.60. The normalized spacial score (nSPS) is 19.6. The molecule has 4 nitrogen and oxygen atoms in total.